The maximum Gasteiger partial charge on any atom is 0.347 e. The van der Waals surface area contributed by atoms with E-state index in [0.29, 0.717) is 12.4 Å². The Bertz CT molecular complexity index is 710. The van der Waals surface area contributed by atoms with Crippen LogP contribution >= 0.6 is 11.8 Å². The molecule has 29 heavy (non-hydrogen) atoms. The van der Waals surface area contributed by atoms with Crippen LogP contribution in [-0.2, 0) is 9.53 Å². The molecule has 0 N–H and O–H groups in total. The molecule has 0 aromatic heterocycles. The van der Waals surface area contributed by atoms with Gasteiger partial charge in [0, 0.05) is 4.90 Å². The highest BCUT2D eigenvalue weighted by Gasteiger charge is 2.16. The van der Waals surface area contributed by atoms with Crippen molar-refractivity contribution in [3.05, 3.63) is 48.5 Å². The van der Waals surface area contributed by atoms with Crippen LogP contribution in [-0.4, -0.2) is 24.4 Å². The highest BCUT2D eigenvalue weighted by atomic mass is 32.2. The second-order valence-corrected chi connectivity index (χ2v) is 8.41. The van der Waals surface area contributed by atoms with Gasteiger partial charge in [0.2, 0.25) is 0 Å². The first-order chi connectivity index (χ1) is 14.1. The topological polar surface area (TPSA) is 35.5 Å². The third kappa shape index (κ3) is 8.53. The average Bonchev–Trinajstić information content (AvgIpc) is 2.75. The Morgan fingerprint density at radius 3 is 2.07 bits per heavy atom. The summed E-state index contributed by atoms with van der Waals surface area (Å²) in [5, 5.41) is 0. The third-order valence-corrected chi connectivity index (χ3v) is 5.79. The molecular formula is C25H34O3S. The van der Waals surface area contributed by atoms with Crippen LogP contribution in [0, 0.1) is 0 Å². The van der Waals surface area contributed by atoms with E-state index >= 15 is 0 Å². The Balaban J connectivity index is 1.83. The summed E-state index contributed by atoms with van der Waals surface area (Å²) in [7, 11) is 0. The zero-order chi connectivity index (χ0) is 20.9. The number of benzene rings is 2. The maximum atomic E-state index is 12.0. The summed E-state index contributed by atoms with van der Waals surface area (Å²) in [4.78, 5) is 13.3. The van der Waals surface area contributed by atoms with Crippen LogP contribution in [0.1, 0.15) is 59.3 Å². The quantitative estimate of drug-likeness (QED) is 0.198. The molecule has 3 nitrogen and oxygen atoms in total. The minimum atomic E-state index is -0.605. The van der Waals surface area contributed by atoms with Gasteiger partial charge in [-0.15, -0.1) is 11.8 Å². The van der Waals surface area contributed by atoms with Crippen LogP contribution in [0.5, 0.6) is 5.75 Å². The highest BCUT2D eigenvalue weighted by Crippen LogP contribution is 2.26. The van der Waals surface area contributed by atoms with Crippen molar-refractivity contribution in [3.8, 4) is 16.9 Å². The van der Waals surface area contributed by atoms with Crippen LogP contribution in [0.3, 0.4) is 0 Å². The molecule has 0 heterocycles. The van der Waals surface area contributed by atoms with E-state index in [0.717, 1.165) is 24.8 Å². The molecule has 0 aliphatic heterocycles. The number of unbranched alkanes of at least 4 members (excludes halogenated alkanes) is 4. The molecule has 0 bridgehead atoms. The number of carbonyl (C=O) groups excluding carboxylic acids is 1. The van der Waals surface area contributed by atoms with E-state index in [1.54, 1.807) is 6.92 Å². The molecule has 2 aromatic rings. The minimum absolute atomic E-state index is 0.308. The van der Waals surface area contributed by atoms with Crippen molar-refractivity contribution in [3.63, 3.8) is 0 Å². The van der Waals surface area contributed by atoms with E-state index in [9.17, 15) is 4.79 Å². The lowest BCUT2D eigenvalue weighted by molar-refractivity contribution is -0.151. The number of esters is 1. The molecule has 0 aliphatic rings. The molecule has 0 saturated heterocycles. The lowest BCUT2D eigenvalue weighted by Gasteiger charge is -2.14. The van der Waals surface area contributed by atoms with Crippen molar-refractivity contribution in [2.75, 3.05) is 12.4 Å². The van der Waals surface area contributed by atoms with E-state index in [-0.39, 0.29) is 5.97 Å². The first kappa shape index (κ1) is 23.3. The fourth-order valence-electron chi connectivity index (χ4n) is 2.91. The molecule has 0 radical (unpaired) electrons. The fraction of sp³-hybridized carbons (Fsp3) is 0.480. The van der Waals surface area contributed by atoms with Gasteiger partial charge in [0.1, 0.15) is 5.75 Å². The lowest BCUT2D eigenvalue weighted by atomic mass is 10.1. The van der Waals surface area contributed by atoms with Crippen LogP contribution in [0.2, 0.25) is 0 Å². The summed E-state index contributed by atoms with van der Waals surface area (Å²) >= 11 is 1.92. The Morgan fingerprint density at radius 1 is 0.862 bits per heavy atom. The second-order valence-electron chi connectivity index (χ2n) is 7.24. The molecule has 4 heteroatoms. The predicted octanol–water partition coefficient (Wildman–Crippen LogP) is 7.14. The van der Waals surface area contributed by atoms with Crippen LogP contribution in [0.4, 0.5) is 0 Å². The first-order valence-corrected chi connectivity index (χ1v) is 11.8. The van der Waals surface area contributed by atoms with E-state index in [1.807, 2.05) is 36.0 Å². The molecule has 2 aromatic carbocycles. The van der Waals surface area contributed by atoms with Gasteiger partial charge in [-0.2, -0.15) is 0 Å². The SMILES string of the molecule is CCCCCOC(=O)[C@@H](C)Oc1ccc(-c2ccc(SCCCCC)cc2)cc1. The normalized spacial score (nSPS) is 11.8. The number of ether oxygens (including phenoxy) is 2. The molecule has 0 spiro atoms. The largest absolute Gasteiger partial charge is 0.479 e. The number of carbonyl (C=O) groups is 1. The molecule has 0 unspecified atom stereocenters. The average molecular weight is 415 g/mol. The maximum absolute atomic E-state index is 12.0. The summed E-state index contributed by atoms with van der Waals surface area (Å²) < 4.78 is 11.0. The Morgan fingerprint density at radius 2 is 1.45 bits per heavy atom. The Kier molecular flexibility index (Phi) is 10.7. The van der Waals surface area contributed by atoms with Crippen molar-refractivity contribution in [2.24, 2.45) is 0 Å². The molecule has 0 saturated carbocycles. The van der Waals surface area contributed by atoms with Crippen molar-refractivity contribution < 1.29 is 14.3 Å². The van der Waals surface area contributed by atoms with Crippen molar-refractivity contribution in [1.29, 1.82) is 0 Å². The van der Waals surface area contributed by atoms with Gasteiger partial charge in [0.15, 0.2) is 6.10 Å². The fourth-order valence-corrected chi connectivity index (χ4v) is 3.82. The highest BCUT2D eigenvalue weighted by molar-refractivity contribution is 7.99. The number of thioether (sulfide) groups is 1. The summed E-state index contributed by atoms with van der Waals surface area (Å²) in [6.45, 7) is 6.55. The monoisotopic (exact) mass is 414 g/mol. The van der Waals surface area contributed by atoms with Crippen LogP contribution < -0.4 is 4.74 Å². The van der Waals surface area contributed by atoms with Gasteiger partial charge < -0.3 is 9.47 Å². The zero-order valence-corrected chi connectivity index (χ0v) is 18.8. The number of hydrogen-bond donors (Lipinski definition) is 0. The van der Waals surface area contributed by atoms with Gasteiger partial charge in [-0.3, -0.25) is 0 Å². The summed E-state index contributed by atoms with van der Waals surface area (Å²) in [5.74, 6) is 1.55. The molecule has 0 fully saturated rings. The molecule has 158 valence electrons. The van der Waals surface area contributed by atoms with Gasteiger partial charge in [-0.25, -0.2) is 4.79 Å². The standard InChI is InChI=1S/C25H34O3S/c1-4-6-8-18-27-25(26)20(3)28-23-14-10-21(11-15-23)22-12-16-24(17-13-22)29-19-9-7-5-2/h10-17,20H,4-9,18-19H2,1-3H3/t20-/m1/s1. The third-order valence-electron chi connectivity index (χ3n) is 4.70. The number of rotatable bonds is 13. The lowest BCUT2D eigenvalue weighted by Crippen LogP contribution is -2.26. The van der Waals surface area contributed by atoms with E-state index in [1.165, 1.54) is 35.5 Å². The molecule has 2 rings (SSSR count). The molecular weight excluding hydrogens is 380 g/mol. The van der Waals surface area contributed by atoms with Gasteiger partial charge in [-0.05, 0) is 60.9 Å². The van der Waals surface area contributed by atoms with Gasteiger partial charge >= 0.3 is 5.97 Å². The van der Waals surface area contributed by atoms with Crippen molar-refractivity contribution in [2.45, 2.75) is 70.3 Å². The Labute approximate surface area is 180 Å². The minimum Gasteiger partial charge on any atom is -0.479 e. The Hall–Kier alpha value is -1.94. The van der Waals surface area contributed by atoms with Crippen LogP contribution in [0.25, 0.3) is 11.1 Å². The van der Waals surface area contributed by atoms with E-state index in [2.05, 4.69) is 38.1 Å². The van der Waals surface area contributed by atoms with Crippen molar-refractivity contribution >= 4 is 17.7 Å². The first-order valence-electron chi connectivity index (χ1n) is 10.8. The molecule has 0 amide bonds. The second kappa shape index (κ2) is 13.3. The van der Waals surface area contributed by atoms with E-state index in [4.69, 9.17) is 9.47 Å². The molecule has 1 atom stereocenters. The van der Waals surface area contributed by atoms with Crippen LogP contribution in [0.15, 0.2) is 53.4 Å². The number of hydrogen-bond acceptors (Lipinski definition) is 4. The van der Waals surface area contributed by atoms with Crippen molar-refractivity contribution in [1.82, 2.24) is 0 Å². The summed E-state index contributed by atoms with van der Waals surface area (Å²) in [6.07, 6.45) is 6.31. The smallest absolute Gasteiger partial charge is 0.347 e. The van der Waals surface area contributed by atoms with Gasteiger partial charge in [0.05, 0.1) is 6.61 Å². The zero-order valence-electron chi connectivity index (χ0n) is 18.0. The van der Waals surface area contributed by atoms with Gasteiger partial charge in [0.25, 0.3) is 0 Å². The van der Waals surface area contributed by atoms with E-state index < -0.39 is 6.10 Å². The molecule has 0 aliphatic carbocycles. The van der Waals surface area contributed by atoms with Gasteiger partial charge in [-0.1, -0.05) is 63.8 Å². The summed E-state index contributed by atoms with van der Waals surface area (Å²) in [6, 6.07) is 16.6. The predicted molar refractivity (Wildman–Crippen MR) is 123 cm³/mol. The summed E-state index contributed by atoms with van der Waals surface area (Å²) in [5.41, 5.74) is 2.31.